The van der Waals surface area contributed by atoms with Crippen molar-refractivity contribution in [3.8, 4) is 0 Å². The fraction of sp³-hybridized carbons (Fsp3) is 0.471. The third-order valence-corrected chi connectivity index (χ3v) is 4.55. The molecule has 1 aromatic heterocycles. The van der Waals surface area contributed by atoms with Gasteiger partial charge in [0.25, 0.3) is 0 Å². The van der Waals surface area contributed by atoms with Crippen LogP contribution < -0.4 is 5.32 Å². The van der Waals surface area contributed by atoms with Crippen LogP contribution >= 0.6 is 11.6 Å². The molecule has 2 atom stereocenters. The Morgan fingerprint density at radius 1 is 1.35 bits per heavy atom. The molecule has 23 heavy (non-hydrogen) atoms. The maximum absolute atomic E-state index is 6.03. The Hall–Kier alpha value is -1.40. The van der Waals surface area contributed by atoms with Crippen molar-refractivity contribution in [2.75, 3.05) is 26.7 Å². The lowest BCUT2D eigenvalue weighted by Gasteiger charge is -2.36. The van der Waals surface area contributed by atoms with Crippen LogP contribution in [0.15, 0.2) is 36.7 Å². The van der Waals surface area contributed by atoms with Crippen LogP contribution in [0, 0.1) is 0 Å². The van der Waals surface area contributed by atoms with Gasteiger partial charge in [-0.25, -0.2) is 4.98 Å². The molecule has 124 valence electrons. The molecule has 2 aromatic rings. The summed E-state index contributed by atoms with van der Waals surface area (Å²) in [5.74, 6) is 1.01. The molecule has 0 spiro atoms. The highest BCUT2D eigenvalue weighted by Gasteiger charge is 2.28. The van der Waals surface area contributed by atoms with E-state index in [0.29, 0.717) is 6.54 Å². The average molecular weight is 335 g/mol. The number of hydrogen-bond donors (Lipinski definition) is 1. The van der Waals surface area contributed by atoms with Crippen LogP contribution in [0.1, 0.15) is 17.4 Å². The summed E-state index contributed by atoms with van der Waals surface area (Å²) in [6, 6.07) is 8.09. The van der Waals surface area contributed by atoms with Gasteiger partial charge < -0.3 is 19.5 Å². The van der Waals surface area contributed by atoms with Gasteiger partial charge in [-0.2, -0.15) is 0 Å². The number of halogens is 1. The first kappa shape index (κ1) is 16.5. The lowest BCUT2D eigenvalue weighted by Crippen LogP contribution is -2.46. The largest absolute Gasteiger partial charge is 0.374 e. The minimum Gasteiger partial charge on any atom is -0.374 e. The second-order valence-electron chi connectivity index (χ2n) is 6.04. The number of likely N-dealkylation sites (N-methyl/N-ethyl adjacent to an activating group) is 1. The zero-order valence-electron chi connectivity index (χ0n) is 13.6. The molecular weight excluding hydrogens is 312 g/mol. The Bertz CT molecular complexity index is 628. The first-order chi connectivity index (χ1) is 11.1. The van der Waals surface area contributed by atoms with Crippen LogP contribution in [0.3, 0.4) is 0 Å². The lowest BCUT2D eigenvalue weighted by atomic mass is 10.00. The number of aromatic nitrogens is 2. The number of morpholine rings is 1. The van der Waals surface area contributed by atoms with E-state index in [0.717, 1.165) is 30.5 Å². The lowest BCUT2D eigenvalue weighted by molar-refractivity contribution is -0.0397. The van der Waals surface area contributed by atoms with E-state index in [1.807, 2.05) is 36.1 Å². The van der Waals surface area contributed by atoms with Gasteiger partial charge in [0.05, 0.1) is 25.3 Å². The molecule has 0 radical (unpaired) electrons. The van der Waals surface area contributed by atoms with E-state index in [-0.39, 0.29) is 12.1 Å². The Kier molecular flexibility index (Phi) is 5.33. The molecule has 5 nitrogen and oxygen atoms in total. The predicted molar refractivity (Wildman–Crippen MR) is 91.5 cm³/mol. The second-order valence-corrected chi connectivity index (χ2v) is 6.47. The van der Waals surface area contributed by atoms with Crippen LogP contribution in [-0.4, -0.2) is 47.3 Å². The van der Waals surface area contributed by atoms with E-state index < -0.39 is 0 Å². The molecule has 1 aliphatic heterocycles. The van der Waals surface area contributed by atoms with Crippen molar-refractivity contribution in [3.63, 3.8) is 0 Å². The quantitative estimate of drug-likeness (QED) is 0.910. The minimum atomic E-state index is 0.103. The molecular formula is C17H23ClN4O. The zero-order valence-corrected chi connectivity index (χ0v) is 14.3. The third-order valence-electron chi connectivity index (χ3n) is 4.30. The molecule has 0 aliphatic carbocycles. The fourth-order valence-electron chi connectivity index (χ4n) is 2.91. The van der Waals surface area contributed by atoms with E-state index in [2.05, 4.69) is 34.4 Å². The van der Waals surface area contributed by atoms with E-state index in [1.54, 1.807) is 0 Å². The number of rotatable bonds is 5. The van der Waals surface area contributed by atoms with Crippen LogP contribution in [0.2, 0.25) is 5.02 Å². The Balaban J connectivity index is 1.77. The molecule has 1 aliphatic rings. The zero-order chi connectivity index (χ0) is 16.2. The number of imidazole rings is 1. The van der Waals surface area contributed by atoms with Gasteiger partial charge in [0.2, 0.25) is 0 Å². The van der Waals surface area contributed by atoms with Gasteiger partial charge in [-0.1, -0.05) is 23.7 Å². The molecule has 1 saturated heterocycles. The summed E-state index contributed by atoms with van der Waals surface area (Å²) in [5, 5.41) is 4.36. The van der Waals surface area contributed by atoms with Gasteiger partial charge in [0, 0.05) is 37.6 Å². The normalized spacial score (nSPS) is 20.6. The molecule has 2 unspecified atom stereocenters. The molecule has 1 N–H and O–H groups in total. The maximum Gasteiger partial charge on any atom is 0.122 e. The summed E-state index contributed by atoms with van der Waals surface area (Å²) in [5.41, 5.74) is 1.18. The van der Waals surface area contributed by atoms with E-state index >= 15 is 0 Å². The van der Waals surface area contributed by atoms with Gasteiger partial charge in [-0.3, -0.25) is 0 Å². The summed E-state index contributed by atoms with van der Waals surface area (Å²) in [6.45, 7) is 3.33. The Labute approximate surface area is 142 Å². The van der Waals surface area contributed by atoms with Crippen molar-refractivity contribution in [1.82, 2.24) is 19.8 Å². The minimum absolute atomic E-state index is 0.103. The Morgan fingerprint density at radius 2 is 2.13 bits per heavy atom. The fourth-order valence-corrected chi connectivity index (χ4v) is 3.04. The van der Waals surface area contributed by atoms with Crippen molar-refractivity contribution in [2.45, 2.75) is 18.7 Å². The van der Waals surface area contributed by atoms with E-state index in [1.165, 1.54) is 5.56 Å². The van der Waals surface area contributed by atoms with Gasteiger partial charge in [-0.15, -0.1) is 0 Å². The molecule has 3 rings (SSSR count). The van der Waals surface area contributed by atoms with Gasteiger partial charge in [-0.05, 0) is 24.7 Å². The van der Waals surface area contributed by atoms with Crippen LogP contribution in [-0.2, 0) is 18.3 Å². The molecule has 2 heterocycles. The Morgan fingerprint density at radius 3 is 2.78 bits per heavy atom. The third kappa shape index (κ3) is 4.12. The number of benzene rings is 1. The van der Waals surface area contributed by atoms with Crippen LogP contribution in [0.4, 0.5) is 0 Å². The number of nitrogens with one attached hydrogen (secondary N) is 1. The van der Waals surface area contributed by atoms with E-state index in [4.69, 9.17) is 16.3 Å². The second kappa shape index (κ2) is 7.45. The summed E-state index contributed by atoms with van der Waals surface area (Å²) >= 11 is 6.03. The highest BCUT2D eigenvalue weighted by molar-refractivity contribution is 6.30. The molecule has 0 amide bonds. The smallest absolute Gasteiger partial charge is 0.122 e. The van der Waals surface area contributed by atoms with E-state index in [9.17, 15) is 0 Å². The summed E-state index contributed by atoms with van der Waals surface area (Å²) in [4.78, 5) is 6.69. The maximum atomic E-state index is 6.03. The van der Waals surface area contributed by atoms with Gasteiger partial charge >= 0.3 is 0 Å². The number of aryl methyl sites for hydroxylation is 1. The first-order valence-corrected chi connectivity index (χ1v) is 8.26. The highest BCUT2D eigenvalue weighted by Crippen LogP contribution is 2.24. The number of ether oxygens (including phenoxy) is 1. The monoisotopic (exact) mass is 334 g/mol. The van der Waals surface area contributed by atoms with Crippen molar-refractivity contribution >= 4 is 11.6 Å². The number of hydrogen-bond acceptors (Lipinski definition) is 4. The molecule has 6 heteroatoms. The topological polar surface area (TPSA) is 42.3 Å². The molecule has 0 bridgehead atoms. The summed E-state index contributed by atoms with van der Waals surface area (Å²) in [7, 11) is 4.14. The highest BCUT2D eigenvalue weighted by atomic mass is 35.5. The van der Waals surface area contributed by atoms with Crippen molar-refractivity contribution < 1.29 is 4.74 Å². The average Bonchev–Trinajstić information content (AvgIpc) is 2.95. The van der Waals surface area contributed by atoms with Crippen molar-refractivity contribution in [2.24, 2.45) is 7.05 Å². The summed E-state index contributed by atoms with van der Waals surface area (Å²) in [6.07, 6.45) is 3.88. The van der Waals surface area contributed by atoms with Gasteiger partial charge in [0.15, 0.2) is 0 Å². The van der Waals surface area contributed by atoms with Crippen molar-refractivity contribution in [3.05, 3.63) is 53.1 Å². The summed E-state index contributed by atoms with van der Waals surface area (Å²) < 4.78 is 8.06. The SMILES string of the molecule is CN1CCOC(C(NCc2nccn2C)c2ccc(Cl)cc2)C1. The number of nitrogens with zero attached hydrogens (tertiary/aromatic N) is 3. The molecule has 0 saturated carbocycles. The molecule has 1 aromatic carbocycles. The molecule has 1 fully saturated rings. The standard InChI is InChI=1S/C17H23ClN4O/c1-21-9-10-23-15(12-21)17(13-3-5-14(18)6-4-13)20-11-16-19-7-8-22(16)2/h3-8,15,17,20H,9-12H2,1-2H3. The van der Waals surface area contributed by atoms with Crippen molar-refractivity contribution in [1.29, 1.82) is 0 Å². The first-order valence-electron chi connectivity index (χ1n) is 7.88. The van der Waals surface area contributed by atoms with Crippen LogP contribution in [0.25, 0.3) is 0 Å². The predicted octanol–water partition coefficient (Wildman–Crippen LogP) is 2.23. The van der Waals surface area contributed by atoms with Gasteiger partial charge in [0.1, 0.15) is 5.82 Å². The van der Waals surface area contributed by atoms with Crippen LogP contribution in [0.5, 0.6) is 0 Å².